The molecule has 14 rings (SSSR count). The van der Waals surface area contributed by atoms with Crippen molar-refractivity contribution in [1.82, 2.24) is 4.90 Å². The molecule has 2 heterocycles. The zero-order chi connectivity index (χ0) is 41.9. The number of piperidine rings is 1. The van der Waals surface area contributed by atoms with E-state index in [1.165, 1.54) is 25.8 Å². The first-order valence-electron chi connectivity index (χ1n) is 27.6. The van der Waals surface area contributed by atoms with Crippen molar-refractivity contribution in [1.29, 1.82) is 0 Å². The second kappa shape index (κ2) is 11.3. The lowest BCUT2D eigenvalue weighted by Gasteiger charge is -3.08. The molecule has 36 atom stereocenters. The Kier molecular flexibility index (Phi) is 7.45. The van der Waals surface area contributed by atoms with Crippen molar-refractivity contribution in [3.63, 3.8) is 0 Å². The van der Waals surface area contributed by atoms with Crippen LogP contribution in [0.5, 0.6) is 0 Å². The fraction of sp³-hybridized carbons (Fsp3) is 1.00. The zero-order valence-corrected chi connectivity index (χ0v) is 41.6. The summed E-state index contributed by atoms with van der Waals surface area (Å²) in [4.78, 5) is 3.35. The molecule has 2 nitrogen and oxygen atoms in total. The summed E-state index contributed by atoms with van der Waals surface area (Å²) in [6.45, 7) is 41.0. The van der Waals surface area contributed by atoms with E-state index in [4.69, 9.17) is 12.6 Å². The zero-order valence-electron chi connectivity index (χ0n) is 40.7. The molecular formula is C57H89NOS. The van der Waals surface area contributed by atoms with E-state index in [9.17, 15) is 5.11 Å². The van der Waals surface area contributed by atoms with E-state index in [0.717, 1.165) is 190 Å². The molecule has 0 amide bonds. The molecule has 0 aromatic carbocycles. The highest BCUT2D eigenvalue weighted by molar-refractivity contribution is 7.80. The first-order valence-corrected chi connectivity index (χ1v) is 28.2. The van der Waals surface area contributed by atoms with Crippen LogP contribution in [0.15, 0.2) is 0 Å². The summed E-state index contributed by atoms with van der Waals surface area (Å²) in [5.41, 5.74) is 3.19. The Morgan fingerprint density at radius 1 is 0.617 bits per heavy atom. The molecule has 2 bridgehead atoms. The van der Waals surface area contributed by atoms with Crippen LogP contribution in [-0.4, -0.2) is 41.0 Å². The lowest BCUT2D eigenvalue weighted by Crippen LogP contribution is -3.06. The number of fused-ring (bicyclic) bond motifs is 10. The maximum absolute atomic E-state index is 10.7. The molecule has 3 heteroatoms. The Bertz CT molecular complexity index is 1900. The Labute approximate surface area is 373 Å². The SMILES string of the molecule is CCC(C)C(C)C(C)C(C)C1C(C)C(C)C(C)C(C)C2CC2C2C(C)C(C)C3C4C5C36C(C3CN2C36)C2C3C(C)C67C(C)C(CCS)C(CCO)C(C)C6C6C7C37C6C14C257. The van der Waals surface area contributed by atoms with E-state index in [2.05, 4.69) is 102 Å². The van der Waals surface area contributed by atoms with E-state index in [-0.39, 0.29) is 0 Å². The molecule has 2 aliphatic heterocycles. The average Bonchev–Trinajstić information content (AvgIpc) is 3.95. The minimum Gasteiger partial charge on any atom is -0.396 e. The summed E-state index contributed by atoms with van der Waals surface area (Å²) in [7, 11) is 0. The van der Waals surface area contributed by atoms with Crippen LogP contribution in [0.4, 0.5) is 0 Å². The molecule has 36 unspecified atom stereocenters. The molecule has 14 aliphatic rings. The molecule has 0 aromatic rings. The predicted octanol–water partition coefficient (Wildman–Crippen LogP) is 11.8. The number of hydrogen-bond acceptors (Lipinski definition) is 3. The van der Waals surface area contributed by atoms with Crippen LogP contribution in [0.1, 0.15) is 123 Å². The van der Waals surface area contributed by atoms with E-state index < -0.39 is 0 Å². The van der Waals surface area contributed by atoms with Gasteiger partial charge in [0.2, 0.25) is 0 Å². The third kappa shape index (κ3) is 3.10. The van der Waals surface area contributed by atoms with Gasteiger partial charge in [0.1, 0.15) is 0 Å². The van der Waals surface area contributed by atoms with E-state index in [1.807, 2.05) is 0 Å². The number of rotatable bonds is 9. The Hall–Kier alpha value is 0.270. The fourth-order valence-corrected chi connectivity index (χ4v) is 28.9. The van der Waals surface area contributed by atoms with Gasteiger partial charge in [0.15, 0.2) is 0 Å². The number of aliphatic hydroxyl groups excluding tert-OH is 1. The summed E-state index contributed by atoms with van der Waals surface area (Å²) in [5, 5.41) is 10.7. The first kappa shape index (κ1) is 39.4. The monoisotopic (exact) mass is 836 g/mol. The predicted molar refractivity (Wildman–Crippen MR) is 246 cm³/mol. The summed E-state index contributed by atoms with van der Waals surface area (Å²) < 4.78 is 0. The molecule has 12 aliphatic carbocycles. The summed E-state index contributed by atoms with van der Waals surface area (Å²) in [6, 6.07) is 1.84. The maximum Gasteiger partial charge on any atom is 0.0433 e. The van der Waals surface area contributed by atoms with Crippen LogP contribution < -0.4 is 0 Å². The van der Waals surface area contributed by atoms with Gasteiger partial charge >= 0.3 is 0 Å². The minimum absolute atomic E-state index is 0.380. The molecule has 14 fully saturated rings. The van der Waals surface area contributed by atoms with Gasteiger partial charge in [0.25, 0.3) is 0 Å². The fourth-order valence-electron chi connectivity index (χ4n) is 28.6. The van der Waals surface area contributed by atoms with Crippen molar-refractivity contribution in [3.8, 4) is 0 Å². The largest absolute Gasteiger partial charge is 0.396 e. The molecule has 12 saturated carbocycles. The number of hydrogen-bond donors (Lipinski definition) is 2. The maximum atomic E-state index is 10.7. The summed E-state index contributed by atoms with van der Waals surface area (Å²) in [6.07, 6.45) is 5.17. The van der Waals surface area contributed by atoms with Crippen molar-refractivity contribution in [2.45, 2.75) is 135 Å². The first-order chi connectivity index (χ1) is 28.6. The molecule has 334 valence electrons. The van der Waals surface area contributed by atoms with E-state index >= 15 is 0 Å². The normalized spacial score (nSPS) is 71.7. The van der Waals surface area contributed by atoms with Gasteiger partial charge in [-0.05, 0) is 224 Å². The van der Waals surface area contributed by atoms with Crippen LogP contribution >= 0.6 is 12.6 Å². The van der Waals surface area contributed by atoms with Crippen molar-refractivity contribution in [2.24, 2.45) is 199 Å². The van der Waals surface area contributed by atoms with E-state index in [0.29, 0.717) is 39.6 Å². The molecule has 60 heavy (non-hydrogen) atoms. The van der Waals surface area contributed by atoms with Crippen LogP contribution in [0.2, 0.25) is 0 Å². The number of aliphatic hydroxyl groups is 1. The van der Waals surface area contributed by atoms with Gasteiger partial charge in [0.05, 0.1) is 0 Å². The van der Waals surface area contributed by atoms with Crippen LogP contribution in [0.25, 0.3) is 0 Å². The Morgan fingerprint density at radius 3 is 2.02 bits per heavy atom. The lowest BCUT2D eigenvalue weighted by molar-refractivity contribution is -0.628. The van der Waals surface area contributed by atoms with Crippen molar-refractivity contribution in [3.05, 3.63) is 0 Å². The highest BCUT2D eigenvalue weighted by Crippen LogP contribution is 3.21. The topological polar surface area (TPSA) is 23.5 Å². The lowest BCUT2D eigenvalue weighted by atomic mass is 8.95. The minimum atomic E-state index is 0.380. The molecule has 1 N–H and O–H groups in total. The van der Waals surface area contributed by atoms with Crippen LogP contribution in [0.3, 0.4) is 0 Å². The van der Waals surface area contributed by atoms with E-state index in [1.54, 1.807) is 0 Å². The van der Waals surface area contributed by atoms with Crippen molar-refractivity contribution in [2.75, 3.05) is 18.9 Å². The Balaban J connectivity index is 1.01. The summed E-state index contributed by atoms with van der Waals surface area (Å²) in [5.74, 6) is 27.1. The molecule has 0 radical (unpaired) electrons. The van der Waals surface area contributed by atoms with Gasteiger partial charge in [-0.3, -0.25) is 4.90 Å². The second-order valence-corrected chi connectivity index (χ2v) is 28.6. The van der Waals surface area contributed by atoms with Gasteiger partial charge < -0.3 is 5.11 Å². The summed E-state index contributed by atoms with van der Waals surface area (Å²) >= 11 is 4.99. The van der Waals surface area contributed by atoms with Crippen molar-refractivity contribution < 1.29 is 5.11 Å². The molecule has 0 aromatic heterocycles. The third-order valence-corrected chi connectivity index (χ3v) is 30.2. The van der Waals surface area contributed by atoms with Crippen LogP contribution in [0, 0.1) is 199 Å². The second-order valence-electron chi connectivity index (χ2n) is 28.2. The van der Waals surface area contributed by atoms with Gasteiger partial charge in [-0.1, -0.05) is 103 Å². The highest BCUT2D eigenvalue weighted by Gasteiger charge is 3.19. The average molecular weight is 836 g/mol. The number of nitrogens with zero attached hydrogens (tertiary/aromatic N) is 1. The van der Waals surface area contributed by atoms with Crippen molar-refractivity contribution >= 4 is 12.6 Å². The van der Waals surface area contributed by atoms with Gasteiger partial charge in [-0.2, -0.15) is 12.6 Å². The highest BCUT2D eigenvalue weighted by atomic mass is 32.1. The van der Waals surface area contributed by atoms with Gasteiger partial charge in [0, 0.05) is 25.2 Å². The quantitative estimate of drug-likeness (QED) is 0.226. The molecule has 5 spiro atoms. The third-order valence-electron chi connectivity index (χ3n) is 29.9. The van der Waals surface area contributed by atoms with Gasteiger partial charge in [-0.25, -0.2) is 0 Å². The molecular weight excluding hydrogens is 747 g/mol. The smallest absolute Gasteiger partial charge is 0.0433 e. The van der Waals surface area contributed by atoms with Crippen LogP contribution in [-0.2, 0) is 0 Å². The standard InChI is InChI=1S/C57H89NOS/c1-15-22(2)23(3)24(4)28(8)41-29(9)26(6)25(5)27(7)37-20-38(37)48-31(11)30(10)43-47-51-54(43)45(39-21-58(48)52(39)54)46-44-34(14)53-33(13)36(17-19-60)35(16-18-59)32(12)42(53)40-49(53)56(44)50(40)55(41,47)57(46,51)56/h22-52,59-60H,15-21H2,1-14H3. The Morgan fingerprint density at radius 2 is 1.33 bits per heavy atom. The van der Waals surface area contributed by atoms with Gasteiger partial charge in [-0.15, -0.1) is 0 Å². The number of thiol groups is 1. The molecule has 2 saturated heterocycles.